The fourth-order valence-electron chi connectivity index (χ4n) is 4.71. The molecule has 1 aliphatic rings. The van der Waals surface area contributed by atoms with Gasteiger partial charge in [-0.2, -0.15) is 0 Å². The zero-order valence-electron chi connectivity index (χ0n) is 25.5. The van der Waals surface area contributed by atoms with Gasteiger partial charge in [-0.25, -0.2) is 14.4 Å². The van der Waals surface area contributed by atoms with E-state index in [0.717, 1.165) is 31.7 Å². The highest BCUT2D eigenvalue weighted by molar-refractivity contribution is 5.90. The Labute approximate surface area is 262 Å². The van der Waals surface area contributed by atoms with Gasteiger partial charge in [-0.1, -0.05) is 12.1 Å². The van der Waals surface area contributed by atoms with Crippen LogP contribution in [0.4, 0.5) is 21.0 Å². The Morgan fingerprint density at radius 1 is 0.739 bits per heavy atom. The van der Waals surface area contributed by atoms with Crippen molar-refractivity contribution in [1.29, 1.82) is 0 Å². The van der Waals surface area contributed by atoms with E-state index < -0.39 is 66.4 Å². The SMILES string of the molecule is CC(=O)O[C@@H]1[C@H](OC(C)=O)[C@H](C)OC(OC(=O)Nc2ccc(COC(=O)Nc3ccc4c(C)cc(=O)oc4c3)cc2)[C@H]1OC(C)=O. The van der Waals surface area contributed by atoms with Crippen molar-refractivity contribution in [3.63, 3.8) is 0 Å². The first-order valence-corrected chi connectivity index (χ1v) is 14.0. The van der Waals surface area contributed by atoms with Crippen LogP contribution in [0.15, 0.2) is 57.7 Å². The van der Waals surface area contributed by atoms with E-state index in [0.29, 0.717) is 22.5 Å². The number of amides is 2. The van der Waals surface area contributed by atoms with E-state index in [-0.39, 0.29) is 6.61 Å². The number of anilines is 2. The summed E-state index contributed by atoms with van der Waals surface area (Å²) in [5.74, 6) is -2.23. The van der Waals surface area contributed by atoms with E-state index in [1.807, 2.05) is 0 Å². The van der Waals surface area contributed by atoms with E-state index in [1.54, 1.807) is 31.2 Å². The lowest BCUT2D eigenvalue weighted by Gasteiger charge is -2.42. The van der Waals surface area contributed by atoms with Crippen LogP contribution in [0.3, 0.4) is 0 Å². The summed E-state index contributed by atoms with van der Waals surface area (Å²) in [5.41, 5.74) is 1.84. The van der Waals surface area contributed by atoms with E-state index in [1.165, 1.54) is 31.2 Å². The molecule has 2 amide bonds. The summed E-state index contributed by atoms with van der Waals surface area (Å²) < 4.78 is 37.3. The van der Waals surface area contributed by atoms with Crippen LogP contribution in [0.5, 0.6) is 0 Å². The maximum Gasteiger partial charge on any atom is 0.414 e. The van der Waals surface area contributed by atoms with Crippen molar-refractivity contribution in [2.45, 2.75) is 71.9 Å². The standard InChI is InChI=1S/C31H32N2O13/c1-15-12-25(37)45-24-13-22(10-11-23(15)24)33-30(38)40-14-20-6-8-21(9-7-20)32-31(39)46-29-28(44-19(5)36)27(43-18(4)35)26(16(2)41-29)42-17(3)34/h6-13,16,26-29H,14H2,1-5H3,(H,32,39)(H,33,38)/t16-,26+,27+,28-,29?/m0/s1. The topological polar surface area (TPSA) is 195 Å². The number of nitrogens with one attached hydrogen (secondary N) is 2. The molecule has 2 N–H and O–H groups in total. The molecule has 244 valence electrons. The van der Waals surface area contributed by atoms with Gasteiger partial charge in [-0.15, -0.1) is 0 Å². The third-order valence-corrected chi connectivity index (χ3v) is 6.62. The summed E-state index contributed by atoms with van der Waals surface area (Å²) in [7, 11) is 0. The molecular weight excluding hydrogens is 608 g/mol. The van der Waals surface area contributed by atoms with Crippen molar-refractivity contribution in [1.82, 2.24) is 0 Å². The van der Waals surface area contributed by atoms with Gasteiger partial charge < -0.3 is 32.8 Å². The van der Waals surface area contributed by atoms with Gasteiger partial charge in [-0.3, -0.25) is 25.0 Å². The highest BCUT2D eigenvalue weighted by Gasteiger charge is 2.52. The Morgan fingerprint density at radius 3 is 1.98 bits per heavy atom. The Hall–Kier alpha value is -5.44. The van der Waals surface area contributed by atoms with Crippen LogP contribution in [-0.4, -0.2) is 60.8 Å². The monoisotopic (exact) mass is 640 g/mol. The van der Waals surface area contributed by atoms with Crippen molar-refractivity contribution < 1.29 is 56.8 Å². The number of ether oxygens (including phenoxy) is 6. The van der Waals surface area contributed by atoms with Crippen molar-refractivity contribution >= 4 is 52.4 Å². The minimum atomic E-state index is -1.52. The van der Waals surface area contributed by atoms with Gasteiger partial charge in [0.25, 0.3) is 0 Å². The van der Waals surface area contributed by atoms with Gasteiger partial charge in [0.1, 0.15) is 12.2 Å². The molecule has 0 spiro atoms. The van der Waals surface area contributed by atoms with Gasteiger partial charge >= 0.3 is 35.7 Å². The summed E-state index contributed by atoms with van der Waals surface area (Å²) in [4.78, 5) is 72.0. The van der Waals surface area contributed by atoms with Crippen LogP contribution in [0.2, 0.25) is 0 Å². The molecule has 5 atom stereocenters. The first kappa shape index (κ1) is 33.5. The fraction of sp³-hybridized carbons (Fsp3) is 0.355. The highest BCUT2D eigenvalue weighted by atomic mass is 16.7. The summed E-state index contributed by atoms with van der Waals surface area (Å²) in [5, 5.41) is 5.81. The minimum Gasteiger partial charge on any atom is -0.456 e. The van der Waals surface area contributed by atoms with E-state index in [4.69, 9.17) is 32.8 Å². The maximum absolute atomic E-state index is 12.8. The molecule has 46 heavy (non-hydrogen) atoms. The average Bonchev–Trinajstić information content (AvgIpc) is 2.95. The third-order valence-electron chi connectivity index (χ3n) is 6.62. The van der Waals surface area contributed by atoms with Gasteiger partial charge in [-0.05, 0) is 49.2 Å². The molecule has 1 unspecified atom stereocenters. The first-order chi connectivity index (χ1) is 21.8. The number of rotatable bonds is 8. The molecule has 0 bridgehead atoms. The van der Waals surface area contributed by atoms with Crippen LogP contribution in [0.1, 0.15) is 38.8 Å². The van der Waals surface area contributed by atoms with Gasteiger partial charge in [0.2, 0.25) is 12.4 Å². The fourth-order valence-corrected chi connectivity index (χ4v) is 4.71. The Balaban J connectivity index is 1.34. The number of esters is 3. The second-order valence-electron chi connectivity index (χ2n) is 10.3. The van der Waals surface area contributed by atoms with Gasteiger partial charge in [0, 0.05) is 49.7 Å². The number of fused-ring (bicyclic) bond motifs is 1. The first-order valence-electron chi connectivity index (χ1n) is 14.0. The lowest BCUT2D eigenvalue weighted by molar-refractivity contribution is -0.285. The highest BCUT2D eigenvalue weighted by Crippen LogP contribution is 2.30. The maximum atomic E-state index is 12.8. The second kappa shape index (κ2) is 14.6. The summed E-state index contributed by atoms with van der Waals surface area (Å²) in [6.45, 7) is 6.55. The molecular formula is C31H32N2O13. The Morgan fingerprint density at radius 2 is 1.33 bits per heavy atom. The van der Waals surface area contributed by atoms with Crippen LogP contribution < -0.4 is 16.3 Å². The smallest absolute Gasteiger partial charge is 0.414 e. The normalized spacial score (nSPS) is 20.6. The molecule has 4 rings (SSSR count). The molecule has 15 heteroatoms. The quantitative estimate of drug-likeness (QED) is 0.204. The van der Waals surface area contributed by atoms with Crippen LogP contribution in [0.25, 0.3) is 11.0 Å². The average molecular weight is 641 g/mol. The number of carbonyl (C=O) groups is 5. The Bertz CT molecular complexity index is 1680. The molecule has 2 heterocycles. The minimum absolute atomic E-state index is 0.1000. The molecule has 1 fully saturated rings. The predicted molar refractivity (Wildman–Crippen MR) is 159 cm³/mol. The van der Waals surface area contributed by atoms with Crippen molar-refractivity contribution in [3.8, 4) is 0 Å². The van der Waals surface area contributed by atoms with Gasteiger partial charge in [0.05, 0.1) is 6.10 Å². The van der Waals surface area contributed by atoms with Crippen LogP contribution in [-0.2, 0) is 49.4 Å². The number of benzene rings is 2. The molecule has 15 nitrogen and oxygen atoms in total. The molecule has 1 saturated heterocycles. The molecule has 2 aromatic carbocycles. The summed E-state index contributed by atoms with van der Waals surface area (Å²) >= 11 is 0. The molecule has 0 aliphatic carbocycles. The largest absolute Gasteiger partial charge is 0.456 e. The number of carbonyl (C=O) groups excluding carboxylic acids is 5. The zero-order chi connectivity index (χ0) is 33.5. The molecule has 3 aromatic rings. The third kappa shape index (κ3) is 8.81. The predicted octanol–water partition coefficient (Wildman–Crippen LogP) is 3.94. The van der Waals surface area contributed by atoms with Crippen molar-refractivity contribution in [3.05, 3.63) is 70.1 Å². The van der Waals surface area contributed by atoms with Crippen LogP contribution in [0, 0.1) is 6.92 Å². The zero-order valence-corrected chi connectivity index (χ0v) is 25.5. The lowest BCUT2D eigenvalue weighted by atomic mass is 9.99. The summed E-state index contributed by atoms with van der Waals surface area (Å²) in [6, 6.07) is 12.5. The number of hydrogen-bond acceptors (Lipinski definition) is 13. The van der Waals surface area contributed by atoms with Gasteiger partial charge in [0.15, 0.2) is 12.2 Å². The van der Waals surface area contributed by atoms with E-state index in [9.17, 15) is 28.8 Å². The Kier molecular flexibility index (Phi) is 10.6. The number of aryl methyl sites for hydroxylation is 1. The molecule has 1 aliphatic heterocycles. The van der Waals surface area contributed by atoms with E-state index in [2.05, 4.69) is 10.6 Å². The summed E-state index contributed by atoms with van der Waals surface area (Å²) in [6.07, 6.45) is -8.10. The van der Waals surface area contributed by atoms with Crippen molar-refractivity contribution in [2.24, 2.45) is 0 Å². The second-order valence-corrected chi connectivity index (χ2v) is 10.3. The van der Waals surface area contributed by atoms with E-state index >= 15 is 0 Å². The molecule has 0 radical (unpaired) electrons. The van der Waals surface area contributed by atoms with Crippen LogP contribution >= 0.6 is 0 Å². The van der Waals surface area contributed by atoms with Crippen molar-refractivity contribution in [2.75, 3.05) is 10.6 Å². The molecule has 0 saturated carbocycles. The lowest BCUT2D eigenvalue weighted by Crippen LogP contribution is -2.61. The number of hydrogen-bond donors (Lipinski definition) is 2. The molecule has 1 aromatic heterocycles.